The van der Waals surface area contributed by atoms with Crippen molar-refractivity contribution in [2.75, 3.05) is 24.6 Å². The van der Waals surface area contributed by atoms with Crippen LogP contribution in [0.3, 0.4) is 0 Å². The van der Waals surface area contributed by atoms with Gasteiger partial charge in [0, 0.05) is 25.8 Å². The van der Waals surface area contributed by atoms with E-state index >= 15 is 0 Å². The topological polar surface area (TPSA) is 79.4 Å². The van der Waals surface area contributed by atoms with E-state index < -0.39 is 0 Å². The van der Waals surface area contributed by atoms with Crippen LogP contribution in [0.25, 0.3) is 10.2 Å². The lowest BCUT2D eigenvalue weighted by Crippen LogP contribution is -2.41. The molecule has 0 saturated carbocycles. The molecular formula is C20H23N5O2S. The molecule has 1 aromatic carbocycles. The first-order valence-corrected chi connectivity index (χ1v) is 10.2. The fourth-order valence-corrected chi connectivity index (χ4v) is 4.04. The van der Waals surface area contributed by atoms with Crippen molar-refractivity contribution < 1.29 is 9.53 Å². The average molecular weight is 398 g/mol. The van der Waals surface area contributed by atoms with Crippen molar-refractivity contribution in [2.24, 2.45) is 0 Å². The number of carbonyl (C=O) groups is 1. The molecule has 4 rings (SSSR count). The van der Waals surface area contributed by atoms with Gasteiger partial charge in [-0.05, 0) is 30.7 Å². The van der Waals surface area contributed by atoms with Crippen LogP contribution >= 0.6 is 11.3 Å². The molecule has 1 atom stereocenters. The first kappa shape index (κ1) is 18.6. The number of fused-ring (bicyclic) bond motifs is 1. The van der Waals surface area contributed by atoms with Crippen LogP contribution in [0, 0.1) is 0 Å². The Kier molecular flexibility index (Phi) is 5.68. The minimum absolute atomic E-state index is 0.217. The summed E-state index contributed by atoms with van der Waals surface area (Å²) in [6.07, 6.45) is 2.03. The zero-order valence-electron chi connectivity index (χ0n) is 15.7. The maximum Gasteiger partial charge on any atom is 0.315 e. The van der Waals surface area contributed by atoms with Gasteiger partial charge < -0.3 is 20.3 Å². The maximum atomic E-state index is 12.1. The van der Waals surface area contributed by atoms with E-state index in [-0.39, 0.29) is 12.1 Å². The van der Waals surface area contributed by atoms with Gasteiger partial charge >= 0.3 is 6.03 Å². The molecule has 0 radical (unpaired) electrons. The smallest absolute Gasteiger partial charge is 0.315 e. The summed E-state index contributed by atoms with van der Waals surface area (Å²) in [5.41, 5.74) is 1.92. The lowest BCUT2D eigenvalue weighted by atomic mass is 10.2. The summed E-state index contributed by atoms with van der Waals surface area (Å²) in [5, 5.41) is 6.61. The molecule has 7 nitrogen and oxygen atoms in total. The largest absolute Gasteiger partial charge is 0.375 e. The van der Waals surface area contributed by atoms with Crippen molar-refractivity contribution in [2.45, 2.75) is 26.1 Å². The molecule has 2 aromatic heterocycles. The molecule has 0 bridgehead atoms. The molecule has 2 N–H and O–H groups in total. The Morgan fingerprint density at radius 3 is 2.89 bits per heavy atom. The first-order chi connectivity index (χ1) is 13.7. The second-order valence-corrected chi connectivity index (χ2v) is 7.88. The maximum absolute atomic E-state index is 12.1. The lowest BCUT2D eigenvalue weighted by Gasteiger charge is -2.32. The van der Waals surface area contributed by atoms with E-state index in [1.807, 2.05) is 42.6 Å². The minimum Gasteiger partial charge on any atom is -0.375 e. The summed E-state index contributed by atoms with van der Waals surface area (Å²) >= 11 is 1.59. The van der Waals surface area contributed by atoms with Crippen LogP contribution in [-0.2, 0) is 17.8 Å². The van der Waals surface area contributed by atoms with E-state index in [4.69, 9.17) is 4.74 Å². The number of ether oxygens (including phenoxy) is 1. The van der Waals surface area contributed by atoms with Gasteiger partial charge in [0.05, 0.1) is 29.5 Å². The molecular weight excluding hydrogens is 374 g/mol. The number of hydrogen-bond donors (Lipinski definition) is 2. The van der Waals surface area contributed by atoms with Gasteiger partial charge in [0.25, 0.3) is 0 Å². The number of morpholine rings is 1. The molecule has 1 aliphatic rings. The van der Waals surface area contributed by atoms with Crippen LogP contribution < -0.4 is 15.5 Å². The number of nitrogens with one attached hydrogen (secondary N) is 2. The van der Waals surface area contributed by atoms with Crippen LogP contribution in [0.15, 0.2) is 42.6 Å². The molecule has 1 aliphatic heterocycles. The predicted molar refractivity (Wildman–Crippen MR) is 111 cm³/mol. The fourth-order valence-electron chi connectivity index (χ4n) is 3.13. The molecule has 146 valence electrons. The van der Waals surface area contributed by atoms with Crippen LogP contribution in [0.5, 0.6) is 0 Å². The lowest BCUT2D eigenvalue weighted by molar-refractivity contribution is 0.0529. The molecule has 2 amide bonds. The second kappa shape index (κ2) is 8.53. The number of hydrogen-bond acceptors (Lipinski definition) is 6. The van der Waals surface area contributed by atoms with Crippen molar-refractivity contribution in [3.8, 4) is 0 Å². The van der Waals surface area contributed by atoms with Crippen LogP contribution in [0.2, 0.25) is 0 Å². The summed E-state index contributed by atoms with van der Waals surface area (Å²) in [6.45, 7) is 5.33. The first-order valence-electron chi connectivity index (χ1n) is 9.35. The second-order valence-electron chi connectivity index (χ2n) is 6.76. The fraction of sp³-hybridized carbons (Fsp3) is 0.350. The Morgan fingerprint density at radius 2 is 2.11 bits per heavy atom. The number of aromatic nitrogens is 2. The van der Waals surface area contributed by atoms with Crippen LogP contribution in [0.1, 0.15) is 17.5 Å². The van der Waals surface area contributed by atoms with E-state index in [0.29, 0.717) is 13.1 Å². The molecule has 3 heterocycles. The van der Waals surface area contributed by atoms with Crippen molar-refractivity contribution in [1.29, 1.82) is 0 Å². The highest BCUT2D eigenvalue weighted by atomic mass is 32.1. The summed E-state index contributed by atoms with van der Waals surface area (Å²) in [6, 6.07) is 11.7. The SMILES string of the molecule is CC1CN(c2ccc(CNC(=O)NCc3nc4ccccc4s3)cn2)CCO1. The van der Waals surface area contributed by atoms with E-state index in [1.165, 1.54) is 0 Å². The number of thiazole rings is 1. The van der Waals surface area contributed by atoms with Crippen molar-refractivity contribution >= 4 is 33.4 Å². The highest BCUT2D eigenvalue weighted by molar-refractivity contribution is 7.18. The number of urea groups is 1. The van der Waals surface area contributed by atoms with Gasteiger partial charge in [0.15, 0.2) is 0 Å². The molecule has 1 unspecified atom stereocenters. The molecule has 3 aromatic rings. The highest BCUT2D eigenvalue weighted by Gasteiger charge is 2.17. The summed E-state index contributed by atoms with van der Waals surface area (Å²) in [5.74, 6) is 0.944. The minimum atomic E-state index is -0.217. The number of amides is 2. The molecule has 1 saturated heterocycles. The zero-order chi connectivity index (χ0) is 19.3. The standard InChI is InChI=1S/C20H23N5O2S/c1-14-13-25(8-9-27-14)18-7-6-15(10-21-18)11-22-20(26)23-12-19-24-16-4-2-3-5-17(16)28-19/h2-7,10,14H,8-9,11-13H2,1H3,(H2,22,23,26). The van der Waals surface area contributed by atoms with E-state index in [9.17, 15) is 4.79 Å². The Bertz CT molecular complexity index is 910. The molecule has 0 spiro atoms. The molecule has 8 heteroatoms. The Balaban J connectivity index is 1.25. The number of para-hydroxylation sites is 1. The Hall–Kier alpha value is -2.71. The number of carbonyl (C=O) groups excluding carboxylic acids is 1. The monoisotopic (exact) mass is 397 g/mol. The van der Waals surface area contributed by atoms with E-state index in [2.05, 4.69) is 32.4 Å². The van der Waals surface area contributed by atoms with Gasteiger partial charge in [-0.15, -0.1) is 11.3 Å². The normalized spacial score (nSPS) is 16.9. The number of benzene rings is 1. The van der Waals surface area contributed by atoms with Crippen LogP contribution in [0.4, 0.5) is 10.6 Å². The quantitative estimate of drug-likeness (QED) is 0.692. The van der Waals surface area contributed by atoms with Gasteiger partial charge in [0.2, 0.25) is 0 Å². The highest BCUT2D eigenvalue weighted by Crippen LogP contribution is 2.21. The molecule has 0 aliphatic carbocycles. The summed E-state index contributed by atoms with van der Waals surface area (Å²) in [4.78, 5) is 23.3. The average Bonchev–Trinajstić information content (AvgIpc) is 3.14. The third kappa shape index (κ3) is 4.58. The predicted octanol–water partition coefficient (Wildman–Crippen LogP) is 2.92. The number of pyridine rings is 1. The van der Waals surface area contributed by atoms with E-state index in [0.717, 1.165) is 46.3 Å². The van der Waals surface area contributed by atoms with Crippen molar-refractivity contribution in [3.63, 3.8) is 0 Å². The molecule has 1 fully saturated rings. The van der Waals surface area contributed by atoms with Crippen molar-refractivity contribution in [3.05, 3.63) is 53.2 Å². The third-order valence-electron chi connectivity index (χ3n) is 4.57. The molecule has 28 heavy (non-hydrogen) atoms. The van der Waals surface area contributed by atoms with Gasteiger partial charge in [0.1, 0.15) is 10.8 Å². The summed E-state index contributed by atoms with van der Waals surface area (Å²) in [7, 11) is 0. The van der Waals surface area contributed by atoms with Gasteiger partial charge in [-0.2, -0.15) is 0 Å². The number of rotatable bonds is 5. The number of anilines is 1. The summed E-state index contributed by atoms with van der Waals surface area (Å²) < 4.78 is 6.69. The third-order valence-corrected chi connectivity index (χ3v) is 5.60. The zero-order valence-corrected chi connectivity index (χ0v) is 16.5. The van der Waals surface area contributed by atoms with Crippen molar-refractivity contribution in [1.82, 2.24) is 20.6 Å². The van der Waals surface area contributed by atoms with E-state index in [1.54, 1.807) is 11.3 Å². The number of nitrogens with zero attached hydrogens (tertiary/aromatic N) is 3. The Labute approximate surface area is 167 Å². The van der Waals surface area contributed by atoms with Gasteiger partial charge in [-0.3, -0.25) is 0 Å². The van der Waals surface area contributed by atoms with Gasteiger partial charge in [-0.1, -0.05) is 18.2 Å². The van der Waals surface area contributed by atoms with Gasteiger partial charge in [-0.25, -0.2) is 14.8 Å². The Morgan fingerprint density at radius 1 is 1.25 bits per heavy atom. The van der Waals surface area contributed by atoms with Crippen LogP contribution in [-0.4, -0.2) is 41.8 Å².